The molecule has 2 aromatic carbocycles. The molecule has 0 unspecified atom stereocenters. The van der Waals surface area contributed by atoms with Crippen LogP contribution in [0.1, 0.15) is 10.5 Å². The molecule has 3 rings (SSSR count). The summed E-state index contributed by atoms with van der Waals surface area (Å²) in [6.07, 6.45) is 0. The Bertz CT molecular complexity index is 849. The molecular weight excluding hydrogens is 278 g/mol. The molecule has 0 saturated carbocycles. The molecule has 22 heavy (non-hydrogen) atoms. The van der Waals surface area contributed by atoms with E-state index in [9.17, 15) is 9.59 Å². The molecule has 5 nitrogen and oxygen atoms in total. The van der Waals surface area contributed by atoms with E-state index in [-0.39, 0.29) is 11.5 Å². The van der Waals surface area contributed by atoms with Crippen LogP contribution in [0.25, 0.3) is 11.4 Å². The number of aromatic nitrogens is 2. The lowest BCUT2D eigenvalue weighted by Crippen LogP contribution is -2.24. The van der Waals surface area contributed by atoms with Gasteiger partial charge >= 0.3 is 0 Å². The van der Waals surface area contributed by atoms with Gasteiger partial charge in [-0.25, -0.2) is 9.36 Å². The monoisotopic (exact) mass is 293 g/mol. The molecule has 0 spiro atoms. The maximum absolute atomic E-state index is 12.4. The van der Waals surface area contributed by atoms with Gasteiger partial charge < -0.3 is 5.32 Å². The van der Waals surface area contributed by atoms with Crippen molar-refractivity contribution in [3.63, 3.8) is 0 Å². The largest absolute Gasteiger partial charge is 0.354 e. The molecule has 0 aliphatic carbocycles. The van der Waals surface area contributed by atoms with Crippen LogP contribution >= 0.6 is 0 Å². The molecule has 0 aliphatic rings. The summed E-state index contributed by atoms with van der Waals surface area (Å²) in [6, 6.07) is 19.9. The van der Waals surface area contributed by atoms with Crippen LogP contribution in [0.15, 0.2) is 71.5 Å². The minimum absolute atomic E-state index is 0.256. The third kappa shape index (κ3) is 2.33. The van der Waals surface area contributed by atoms with Gasteiger partial charge in [-0.15, -0.1) is 0 Å². The van der Waals surface area contributed by atoms with Crippen molar-refractivity contribution in [2.75, 3.05) is 7.05 Å². The van der Waals surface area contributed by atoms with E-state index < -0.39 is 0 Å². The van der Waals surface area contributed by atoms with Gasteiger partial charge in [-0.2, -0.15) is 0 Å². The highest BCUT2D eigenvalue weighted by Crippen LogP contribution is 2.14. The lowest BCUT2D eigenvalue weighted by Gasteiger charge is -2.14. The van der Waals surface area contributed by atoms with E-state index in [1.165, 1.54) is 10.7 Å². The summed E-state index contributed by atoms with van der Waals surface area (Å²) in [4.78, 5) is 24.5. The van der Waals surface area contributed by atoms with Gasteiger partial charge in [0.15, 0.2) is 0 Å². The number of carbonyl (C=O) groups excluding carboxylic acids is 1. The van der Waals surface area contributed by atoms with E-state index in [4.69, 9.17) is 0 Å². The minimum atomic E-state index is -0.310. The molecule has 0 saturated heterocycles. The fourth-order valence-electron chi connectivity index (χ4n) is 2.37. The third-order valence-electron chi connectivity index (χ3n) is 3.36. The van der Waals surface area contributed by atoms with E-state index in [0.29, 0.717) is 11.4 Å². The van der Waals surface area contributed by atoms with Crippen molar-refractivity contribution in [1.82, 2.24) is 14.7 Å². The van der Waals surface area contributed by atoms with Crippen molar-refractivity contribution >= 4 is 5.91 Å². The lowest BCUT2D eigenvalue weighted by molar-refractivity contribution is 0.0954. The van der Waals surface area contributed by atoms with Gasteiger partial charge in [-0.05, 0) is 24.3 Å². The van der Waals surface area contributed by atoms with Gasteiger partial charge in [0.05, 0.1) is 11.4 Å². The van der Waals surface area contributed by atoms with E-state index in [1.807, 2.05) is 60.7 Å². The fourth-order valence-corrected chi connectivity index (χ4v) is 2.37. The summed E-state index contributed by atoms with van der Waals surface area (Å²) in [5.41, 5.74) is 1.48. The average Bonchev–Trinajstić information content (AvgIpc) is 2.93. The van der Waals surface area contributed by atoms with Crippen molar-refractivity contribution < 1.29 is 4.79 Å². The molecule has 3 aromatic rings. The van der Waals surface area contributed by atoms with Gasteiger partial charge in [-0.3, -0.25) is 9.59 Å². The zero-order valence-electron chi connectivity index (χ0n) is 12.1. The number of carbonyl (C=O) groups is 1. The quantitative estimate of drug-likeness (QED) is 0.803. The number of amides is 1. The van der Waals surface area contributed by atoms with Crippen molar-refractivity contribution in [1.29, 1.82) is 0 Å². The number of benzene rings is 2. The van der Waals surface area contributed by atoms with Crippen LogP contribution in [-0.4, -0.2) is 22.3 Å². The van der Waals surface area contributed by atoms with Crippen LogP contribution in [0.3, 0.4) is 0 Å². The highest BCUT2D eigenvalue weighted by molar-refractivity contribution is 5.93. The molecule has 1 amide bonds. The van der Waals surface area contributed by atoms with Crippen molar-refractivity contribution in [3.05, 3.63) is 82.8 Å². The lowest BCUT2D eigenvalue weighted by atomic mass is 10.3. The highest BCUT2D eigenvalue weighted by Gasteiger charge is 2.18. The van der Waals surface area contributed by atoms with Crippen molar-refractivity contribution in [3.8, 4) is 11.4 Å². The molecule has 0 aliphatic heterocycles. The standard InChI is InChI=1S/C17H15N3O2/c1-18-17(22)15-12-16(21)20(14-10-6-3-7-11-14)19(15)13-8-4-2-5-9-13/h2-12H,1H3,(H,18,22). The van der Waals surface area contributed by atoms with Crippen LogP contribution in [0.2, 0.25) is 0 Å². The fraction of sp³-hybridized carbons (Fsp3) is 0.0588. The first kappa shape index (κ1) is 13.9. The van der Waals surface area contributed by atoms with Crippen molar-refractivity contribution in [2.45, 2.75) is 0 Å². The minimum Gasteiger partial charge on any atom is -0.354 e. The first-order valence-corrected chi connectivity index (χ1v) is 6.90. The molecule has 5 heteroatoms. The number of nitrogens with one attached hydrogen (secondary N) is 1. The van der Waals surface area contributed by atoms with E-state index >= 15 is 0 Å². The number of hydrogen-bond acceptors (Lipinski definition) is 2. The van der Waals surface area contributed by atoms with E-state index in [0.717, 1.165) is 5.69 Å². The zero-order chi connectivity index (χ0) is 15.5. The van der Waals surface area contributed by atoms with E-state index in [2.05, 4.69) is 5.32 Å². The molecule has 0 atom stereocenters. The first-order valence-electron chi connectivity index (χ1n) is 6.90. The molecule has 1 N–H and O–H groups in total. The topological polar surface area (TPSA) is 56.0 Å². The second-order valence-corrected chi connectivity index (χ2v) is 4.74. The molecule has 1 aromatic heterocycles. The Morgan fingerprint density at radius 2 is 1.36 bits per heavy atom. The van der Waals surface area contributed by atoms with Gasteiger partial charge in [0.25, 0.3) is 11.5 Å². The molecule has 1 heterocycles. The predicted octanol–water partition coefficient (Wildman–Crippen LogP) is 1.99. The van der Waals surface area contributed by atoms with Crippen LogP contribution in [-0.2, 0) is 0 Å². The first-order chi connectivity index (χ1) is 10.7. The van der Waals surface area contributed by atoms with Gasteiger partial charge in [-0.1, -0.05) is 36.4 Å². The van der Waals surface area contributed by atoms with Crippen LogP contribution in [0.5, 0.6) is 0 Å². The zero-order valence-corrected chi connectivity index (χ0v) is 12.1. The van der Waals surface area contributed by atoms with Crippen LogP contribution < -0.4 is 10.9 Å². The SMILES string of the molecule is CNC(=O)c1cc(=O)n(-c2ccccc2)n1-c1ccccc1. The Morgan fingerprint density at radius 3 is 1.86 bits per heavy atom. The van der Waals surface area contributed by atoms with Gasteiger partial charge in [0, 0.05) is 13.1 Å². The summed E-state index contributed by atoms with van der Waals surface area (Å²) in [6.45, 7) is 0. The third-order valence-corrected chi connectivity index (χ3v) is 3.36. The second-order valence-electron chi connectivity index (χ2n) is 4.74. The summed E-state index contributed by atoms with van der Waals surface area (Å²) < 4.78 is 3.11. The Labute approximate surface area is 127 Å². The summed E-state index contributed by atoms with van der Waals surface area (Å²) in [5.74, 6) is -0.310. The summed E-state index contributed by atoms with van der Waals surface area (Å²) in [7, 11) is 1.54. The Morgan fingerprint density at radius 1 is 0.864 bits per heavy atom. The predicted molar refractivity (Wildman–Crippen MR) is 84.8 cm³/mol. The molecule has 110 valence electrons. The number of hydrogen-bond donors (Lipinski definition) is 1. The normalized spacial score (nSPS) is 10.4. The van der Waals surface area contributed by atoms with Crippen molar-refractivity contribution in [2.24, 2.45) is 0 Å². The summed E-state index contributed by atoms with van der Waals surface area (Å²) >= 11 is 0. The number of nitrogens with zero attached hydrogens (tertiary/aromatic N) is 2. The maximum atomic E-state index is 12.4. The summed E-state index contributed by atoms with van der Waals surface area (Å²) in [5, 5.41) is 2.57. The smallest absolute Gasteiger partial charge is 0.272 e. The maximum Gasteiger partial charge on any atom is 0.272 e. The average molecular weight is 293 g/mol. The van der Waals surface area contributed by atoms with Gasteiger partial charge in [0.2, 0.25) is 0 Å². The van der Waals surface area contributed by atoms with Gasteiger partial charge in [0.1, 0.15) is 5.69 Å². The Kier molecular flexibility index (Phi) is 3.62. The molecule has 0 fully saturated rings. The number of para-hydroxylation sites is 2. The molecule has 0 bridgehead atoms. The van der Waals surface area contributed by atoms with E-state index in [1.54, 1.807) is 11.7 Å². The highest BCUT2D eigenvalue weighted by atomic mass is 16.2. The molecule has 0 radical (unpaired) electrons. The van der Waals surface area contributed by atoms with Crippen LogP contribution in [0, 0.1) is 0 Å². The number of rotatable bonds is 3. The van der Waals surface area contributed by atoms with Crippen LogP contribution in [0.4, 0.5) is 0 Å². The molecular formula is C17H15N3O2. The Hall–Kier alpha value is -3.08. The second kappa shape index (κ2) is 5.73. The Balaban J connectivity index is 2.33.